The van der Waals surface area contributed by atoms with Crippen LogP contribution in [-0.4, -0.2) is 18.0 Å². The lowest BCUT2D eigenvalue weighted by Crippen LogP contribution is -2.25. The Labute approximate surface area is 69.9 Å². The van der Waals surface area contributed by atoms with Gasteiger partial charge in [-0.3, -0.25) is 9.59 Å². The summed E-state index contributed by atoms with van der Waals surface area (Å²) in [6, 6.07) is 0. The zero-order valence-corrected chi connectivity index (χ0v) is 7.36. The van der Waals surface area contributed by atoms with Crippen LogP contribution in [0.15, 0.2) is 0 Å². The fraction of sp³-hybridized carbons (Fsp3) is 0.750. The molecule has 0 N–H and O–H groups in total. The van der Waals surface area contributed by atoms with Gasteiger partial charge in [0.25, 0.3) is 6.43 Å². The van der Waals surface area contributed by atoms with Crippen molar-refractivity contribution < 1.29 is 18.4 Å². The summed E-state index contributed by atoms with van der Waals surface area (Å²) >= 11 is 0. The molecule has 70 valence electrons. The van der Waals surface area contributed by atoms with Crippen molar-refractivity contribution in [1.82, 2.24) is 0 Å². The Bertz CT molecular complexity index is 192. The summed E-state index contributed by atoms with van der Waals surface area (Å²) in [4.78, 5) is 21.5. The zero-order chi connectivity index (χ0) is 9.94. The number of carbonyl (C=O) groups excluding carboxylic acids is 2. The lowest BCUT2D eigenvalue weighted by molar-refractivity contribution is -0.137. The Kier molecular flexibility index (Phi) is 3.49. The topological polar surface area (TPSA) is 34.1 Å². The highest BCUT2D eigenvalue weighted by atomic mass is 19.3. The Morgan fingerprint density at radius 1 is 1.25 bits per heavy atom. The van der Waals surface area contributed by atoms with Gasteiger partial charge < -0.3 is 0 Å². The molecule has 0 spiro atoms. The van der Waals surface area contributed by atoms with Gasteiger partial charge in [0.1, 0.15) is 5.78 Å². The van der Waals surface area contributed by atoms with Crippen molar-refractivity contribution in [2.75, 3.05) is 0 Å². The second-order valence-electron chi connectivity index (χ2n) is 3.62. The summed E-state index contributed by atoms with van der Waals surface area (Å²) in [6.07, 6.45) is -3.70. The van der Waals surface area contributed by atoms with Gasteiger partial charge in [-0.25, -0.2) is 8.78 Å². The number of carbonyl (C=O) groups is 2. The Hall–Kier alpha value is -0.800. The van der Waals surface area contributed by atoms with Crippen LogP contribution >= 0.6 is 0 Å². The van der Waals surface area contributed by atoms with E-state index in [-0.39, 0.29) is 0 Å². The highest BCUT2D eigenvalue weighted by Gasteiger charge is 2.26. The van der Waals surface area contributed by atoms with Crippen LogP contribution in [0, 0.1) is 5.41 Å². The van der Waals surface area contributed by atoms with Crippen LogP contribution < -0.4 is 0 Å². The first kappa shape index (κ1) is 11.2. The van der Waals surface area contributed by atoms with Crippen molar-refractivity contribution in [1.29, 1.82) is 0 Å². The summed E-state index contributed by atoms with van der Waals surface area (Å²) < 4.78 is 23.4. The molecule has 0 fully saturated rings. The fourth-order valence-corrected chi connectivity index (χ4v) is 0.501. The molecule has 0 aromatic carbocycles. The van der Waals surface area contributed by atoms with Crippen molar-refractivity contribution in [3.8, 4) is 0 Å². The predicted molar refractivity (Wildman–Crippen MR) is 40.1 cm³/mol. The van der Waals surface area contributed by atoms with Crippen LogP contribution in [0.3, 0.4) is 0 Å². The monoisotopic (exact) mass is 178 g/mol. The maximum Gasteiger partial charge on any atom is 0.296 e. The standard InChI is InChI=1S/C8H12F2O2/c1-8(2,3)6(12)4-5(11)7(9)10/h7H,4H2,1-3H3. The first-order chi connectivity index (χ1) is 5.25. The van der Waals surface area contributed by atoms with Gasteiger partial charge >= 0.3 is 0 Å². The molecule has 0 aliphatic heterocycles. The van der Waals surface area contributed by atoms with E-state index in [4.69, 9.17) is 0 Å². The molecule has 0 heterocycles. The molecule has 0 amide bonds. The van der Waals surface area contributed by atoms with Crippen LogP contribution in [0.4, 0.5) is 8.78 Å². The van der Waals surface area contributed by atoms with E-state index in [9.17, 15) is 18.4 Å². The number of rotatable bonds is 3. The minimum absolute atomic E-state index is 0.451. The number of alkyl halides is 2. The first-order valence-corrected chi connectivity index (χ1v) is 3.59. The summed E-state index contributed by atoms with van der Waals surface area (Å²) in [5, 5.41) is 0. The molecule has 0 aromatic heterocycles. The molecule has 0 saturated carbocycles. The third kappa shape index (κ3) is 3.55. The highest BCUT2D eigenvalue weighted by molar-refractivity contribution is 6.02. The maximum atomic E-state index is 11.7. The summed E-state index contributed by atoms with van der Waals surface area (Å²) in [5.74, 6) is -1.75. The van der Waals surface area contributed by atoms with Crippen LogP contribution in [-0.2, 0) is 9.59 Å². The highest BCUT2D eigenvalue weighted by Crippen LogP contribution is 2.17. The lowest BCUT2D eigenvalue weighted by Gasteiger charge is -2.15. The summed E-state index contributed by atoms with van der Waals surface area (Å²) in [7, 11) is 0. The third-order valence-corrected chi connectivity index (χ3v) is 1.41. The third-order valence-electron chi connectivity index (χ3n) is 1.41. The molecule has 0 saturated heterocycles. The zero-order valence-electron chi connectivity index (χ0n) is 7.36. The fourth-order valence-electron chi connectivity index (χ4n) is 0.501. The first-order valence-electron chi connectivity index (χ1n) is 3.59. The van der Waals surface area contributed by atoms with Gasteiger partial charge in [0.05, 0.1) is 6.42 Å². The van der Waals surface area contributed by atoms with Crippen molar-refractivity contribution in [3.05, 3.63) is 0 Å². The molecule has 0 atom stereocenters. The molecule has 0 radical (unpaired) electrons. The maximum absolute atomic E-state index is 11.7. The minimum Gasteiger partial charge on any atom is -0.299 e. The van der Waals surface area contributed by atoms with Crippen LogP contribution in [0.5, 0.6) is 0 Å². The van der Waals surface area contributed by atoms with Crippen molar-refractivity contribution >= 4 is 11.6 Å². The van der Waals surface area contributed by atoms with Crippen molar-refractivity contribution in [3.63, 3.8) is 0 Å². The lowest BCUT2D eigenvalue weighted by atomic mass is 9.88. The van der Waals surface area contributed by atoms with Crippen LogP contribution in [0.2, 0.25) is 0 Å². The average Bonchev–Trinajstić information content (AvgIpc) is 1.85. The van der Waals surface area contributed by atoms with Gasteiger partial charge in [0, 0.05) is 5.41 Å². The quantitative estimate of drug-likeness (QED) is 0.618. The molecular formula is C8H12F2O2. The van der Waals surface area contributed by atoms with E-state index in [2.05, 4.69) is 0 Å². The second-order valence-corrected chi connectivity index (χ2v) is 3.62. The van der Waals surface area contributed by atoms with Gasteiger partial charge in [-0.1, -0.05) is 20.8 Å². The predicted octanol–water partition coefficient (Wildman–Crippen LogP) is 1.83. The Balaban J connectivity index is 4.12. The molecule has 0 aliphatic rings. The van der Waals surface area contributed by atoms with E-state index in [0.29, 0.717) is 0 Å². The van der Waals surface area contributed by atoms with E-state index in [0.717, 1.165) is 0 Å². The van der Waals surface area contributed by atoms with Crippen molar-refractivity contribution in [2.45, 2.75) is 33.6 Å². The molecule has 2 nitrogen and oxygen atoms in total. The number of hydrogen-bond acceptors (Lipinski definition) is 2. The van der Waals surface area contributed by atoms with E-state index < -0.39 is 29.8 Å². The van der Waals surface area contributed by atoms with E-state index in [1.54, 1.807) is 20.8 Å². The number of Topliss-reactive ketones (excluding diaryl/α,β-unsaturated/α-hetero) is 2. The molecule has 4 heteroatoms. The molecule has 0 bridgehead atoms. The smallest absolute Gasteiger partial charge is 0.296 e. The van der Waals surface area contributed by atoms with Gasteiger partial charge in [-0.15, -0.1) is 0 Å². The minimum atomic E-state index is -3.03. The molecular weight excluding hydrogens is 166 g/mol. The van der Waals surface area contributed by atoms with Crippen LogP contribution in [0.1, 0.15) is 27.2 Å². The van der Waals surface area contributed by atoms with Gasteiger partial charge in [-0.2, -0.15) is 0 Å². The summed E-state index contributed by atoms with van der Waals surface area (Å²) in [5.41, 5.74) is -0.718. The van der Waals surface area contributed by atoms with E-state index >= 15 is 0 Å². The van der Waals surface area contributed by atoms with E-state index in [1.165, 1.54) is 0 Å². The second kappa shape index (κ2) is 3.74. The normalized spacial score (nSPS) is 11.8. The van der Waals surface area contributed by atoms with Crippen molar-refractivity contribution in [2.24, 2.45) is 5.41 Å². The van der Waals surface area contributed by atoms with Gasteiger partial charge in [-0.05, 0) is 0 Å². The molecule has 0 unspecified atom stereocenters. The number of halogens is 2. The summed E-state index contributed by atoms with van der Waals surface area (Å²) in [6.45, 7) is 4.77. The SMILES string of the molecule is CC(C)(C)C(=O)CC(=O)C(F)F. The molecule has 0 aromatic rings. The molecule has 0 rings (SSSR count). The average molecular weight is 178 g/mol. The largest absolute Gasteiger partial charge is 0.299 e. The molecule has 0 aliphatic carbocycles. The number of hydrogen-bond donors (Lipinski definition) is 0. The Morgan fingerprint density at radius 3 is 1.92 bits per heavy atom. The van der Waals surface area contributed by atoms with E-state index in [1.807, 2.05) is 0 Å². The number of ketones is 2. The van der Waals surface area contributed by atoms with Gasteiger partial charge in [0.15, 0.2) is 0 Å². The molecule has 12 heavy (non-hydrogen) atoms. The van der Waals surface area contributed by atoms with Crippen LogP contribution in [0.25, 0.3) is 0 Å². The van der Waals surface area contributed by atoms with Gasteiger partial charge in [0.2, 0.25) is 5.78 Å². The Morgan fingerprint density at radius 2 is 1.67 bits per heavy atom.